The van der Waals surface area contributed by atoms with E-state index in [9.17, 15) is 9.90 Å². The number of carboxylic acids is 1. The van der Waals surface area contributed by atoms with Crippen LogP contribution in [0.3, 0.4) is 0 Å². The Hall–Kier alpha value is -1.39. The standard InChI is InChI=1S/C20H30N2O2/c1-2-11-22-16-20(15-18(22)19(23)24)9-13-21(14-10-20)12-8-17-6-4-3-5-7-17/h3-7,18H,2,8-16H2,1H3,(H,23,24). The fourth-order valence-electron chi connectivity index (χ4n) is 4.46. The first-order chi connectivity index (χ1) is 11.6. The van der Waals surface area contributed by atoms with Gasteiger partial charge in [-0.1, -0.05) is 37.3 Å². The highest BCUT2D eigenvalue weighted by Gasteiger charge is 2.47. The quantitative estimate of drug-likeness (QED) is 0.871. The number of rotatable bonds is 6. The van der Waals surface area contributed by atoms with E-state index >= 15 is 0 Å². The average molecular weight is 330 g/mol. The Balaban J connectivity index is 1.52. The van der Waals surface area contributed by atoms with Crippen LogP contribution in [0.4, 0.5) is 0 Å². The van der Waals surface area contributed by atoms with E-state index in [1.165, 1.54) is 5.56 Å². The Morgan fingerprint density at radius 3 is 2.54 bits per heavy atom. The molecule has 0 aliphatic carbocycles. The van der Waals surface area contributed by atoms with Crippen LogP contribution in [0.1, 0.15) is 38.2 Å². The van der Waals surface area contributed by atoms with E-state index < -0.39 is 5.97 Å². The monoisotopic (exact) mass is 330 g/mol. The van der Waals surface area contributed by atoms with Gasteiger partial charge >= 0.3 is 5.97 Å². The normalized spacial score (nSPS) is 24.5. The summed E-state index contributed by atoms with van der Waals surface area (Å²) in [5.74, 6) is -0.633. The molecule has 1 aromatic rings. The second kappa shape index (κ2) is 7.66. The van der Waals surface area contributed by atoms with Crippen molar-refractivity contribution >= 4 is 5.97 Å². The van der Waals surface area contributed by atoms with Gasteiger partial charge in [-0.05, 0) is 62.7 Å². The smallest absolute Gasteiger partial charge is 0.320 e. The molecule has 4 heteroatoms. The number of hydrogen-bond acceptors (Lipinski definition) is 3. The molecule has 0 bridgehead atoms. The van der Waals surface area contributed by atoms with Crippen LogP contribution in [0.25, 0.3) is 0 Å². The van der Waals surface area contributed by atoms with E-state index in [-0.39, 0.29) is 11.5 Å². The lowest BCUT2D eigenvalue weighted by Crippen LogP contribution is -2.42. The molecule has 1 spiro atoms. The Morgan fingerprint density at radius 1 is 1.21 bits per heavy atom. The van der Waals surface area contributed by atoms with Crippen molar-refractivity contribution in [3.8, 4) is 0 Å². The summed E-state index contributed by atoms with van der Waals surface area (Å²) >= 11 is 0. The minimum Gasteiger partial charge on any atom is -0.480 e. The number of aliphatic carboxylic acids is 1. The van der Waals surface area contributed by atoms with Gasteiger partial charge < -0.3 is 10.0 Å². The molecule has 1 atom stereocenters. The maximum absolute atomic E-state index is 11.6. The molecule has 0 amide bonds. The molecule has 2 fully saturated rings. The average Bonchev–Trinajstić information content (AvgIpc) is 2.94. The zero-order valence-corrected chi connectivity index (χ0v) is 14.8. The van der Waals surface area contributed by atoms with Gasteiger partial charge in [-0.2, -0.15) is 0 Å². The Morgan fingerprint density at radius 2 is 1.92 bits per heavy atom. The lowest BCUT2D eigenvalue weighted by atomic mass is 9.76. The second-order valence-corrected chi connectivity index (χ2v) is 7.61. The lowest BCUT2D eigenvalue weighted by molar-refractivity contribution is -0.142. The molecule has 2 aliphatic rings. The van der Waals surface area contributed by atoms with Gasteiger partial charge in [0.15, 0.2) is 0 Å². The topological polar surface area (TPSA) is 43.8 Å². The van der Waals surface area contributed by atoms with Crippen molar-refractivity contribution in [1.29, 1.82) is 0 Å². The summed E-state index contributed by atoms with van der Waals surface area (Å²) in [6, 6.07) is 10.4. The summed E-state index contributed by atoms with van der Waals surface area (Å²) in [7, 11) is 0. The van der Waals surface area contributed by atoms with Crippen molar-refractivity contribution < 1.29 is 9.90 Å². The number of carbonyl (C=O) groups is 1. The van der Waals surface area contributed by atoms with Crippen molar-refractivity contribution in [3.05, 3.63) is 35.9 Å². The van der Waals surface area contributed by atoms with E-state index in [2.05, 4.69) is 47.1 Å². The molecule has 0 radical (unpaired) electrons. The number of piperidine rings is 1. The summed E-state index contributed by atoms with van der Waals surface area (Å²) in [5, 5.41) is 9.53. The van der Waals surface area contributed by atoms with E-state index in [1.54, 1.807) is 0 Å². The Bertz CT molecular complexity index is 538. The molecular formula is C20H30N2O2. The molecule has 1 aromatic carbocycles. The highest BCUT2D eigenvalue weighted by Crippen LogP contribution is 2.43. The first-order valence-electron chi connectivity index (χ1n) is 9.35. The first-order valence-corrected chi connectivity index (χ1v) is 9.35. The van der Waals surface area contributed by atoms with Crippen molar-refractivity contribution in [2.75, 3.05) is 32.7 Å². The molecule has 2 heterocycles. The fraction of sp³-hybridized carbons (Fsp3) is 0.650. The molecule has 2 saturated heterocycles. The van der Waals surface area contributed by atoms with E-state index in [1.807, 2.05) is 0 Å². The van der Waals surface area contributed by atoms with Gasteiger partial charge in [-0.15, -0.1) is 0 Å². The summed E-state index contributed by atoms with van der Waals surface area (Å²) in [6.45, 7) is 7.36. The lowest BCUT2D eigenvalue weighted by Gasteiger charge is -2.39. The van der Waals surface area contributed by atoms with E-state index in [0.29, 0.717) is 0 Å². The van der Waals surface area contributed by atoms with Crippen LogP contribution in [0.15, 0.2) is 30.3 Å². The van der Waals surface area contributed by atoms with Gasteiger partial charge in [0.25, 0.3) is 0 Å². The van der Waals surface area contributed by atoms with Gasteiger partial charge in [0, 0.05) is 13.1 Å². The maximum Gasteiger partial charge on any atom is 0.320 e. The van der Waals surface area contributed by atoms with Crippen molar-refractivity contribution in [2.24, 2.45) is 5.41 Å². The molecular weight excluding hydrogens is 300 g/mol. The predicted octanol–water partition coefficient (Wildman–Crippen LogP) is 2.88. The van der Waals surface area contributed by atoms with Crippen LogP contribution in [0.2, 0.25) is 0 Å². The van der Waals surface area contributed by atoms with Crippen LogP contribution >= 0.6 is 0 Å². The van der Waals surface area contributed by atoms with Gasteiger partial charge in [0.1, 0.15) is 6.04 Å². The van der Waals surface area contributed by atoms with Gasteiger partial charge in [0.05, 0.1) is 0 Å². The Kier molecular flexibility index (Phi) is 5.57. The summed E-state index contributed by atoms with van der Waals surface area (Å²) < 4.78 is 0. The van der Waals surface area contributed by atoms with Crippen molar-refractivity contribution in [3.63, 3.8) is 0 Å². The first kappa shape index (κ1) is 17.4. The molecule has 1 N–H and O–H groups in total. The summed E-state index contributed by atoms with van der Waals surface area (Å²) in [5.41, 5.74) is 1.64. The maximum atomic E-state index is 11.6. The largest absolute Gasteiger partial charge is 0.480 e. The number of carboxylic acid groups (broad SMARTS) is 1. The number of nitrogens with zero attached hydrogens (tertiary/aromatic N) is 2. The van der Waals surface area contributed by atoms with Crippen LogP contribution in [-0.4, -0.2) is 59.6 Å². The third-order valence-corrected chi connectivity index (χ3v) is 5.88. The SMILES string of the molecule is CCCN1CC2(CCN(CCc3ccccc3)CC2)CC1C(=O)O. The summed E-state index contributed by atoms with van der Waals surface area (Å²) in [4.78, 5) is 16.3. The molecule has 0 saturated carbocycles. The molecule has 0 aromatic heterocycles. The van der Waals surface area contributed by atoms with Gasteiger partial charge in [-0.3, -0.25) is 9.69 Å². The molecule has 2 aliphatic heterocycles. The van der Waals surface area contributed by atoms with Crippen LogP contribution in [-0.2, 0) is 11.2 Å². The van der Waals surface area contributed by atoms with E-state index in [0.717, 1.165) is 64.8 Å². The summed E-state index contributed by atoms with van der Waals surface area (Å²) in [6.07, 6.45) is 5.27. The van der Waals surface area contributed by atoms with Crippen LogP contribution in [0.5, 0.6) is 0 Å². The number of hydrogen-bond donors (Lipinski definition) is 1. The molecule has 3 rings (SSSR count). The van der Waals surface area contributed by atoms with E-state index in [4.69, 9.17) is 0 Å². The fourth-order valence-corrected chi connectivity index (χ4v) is 4.46. The molecule has 1 unspecified atom stereocenters. The second-order valence-electron chi connectivity index (χ2n) is 7.61. The number of benzene rings is 1. The zero-order chi connectivity index (χ0) is 17.0. The number of likely N-dealkylation sites (tertiary alicyclic amines) is 2. The molecule has 4 nitrogen and oxygen atoms in total. The van der Waals surface area contributed by atoms with Gasteiger partial charge in [-0.25, -0.2) is 0 Å². The van der Waals surface area contributed by atoms with Crippen LogP contribution < -0.4 is 0 Å². The molecule has 24 heavy (non-hydrogen) atoms. The highest BCUT2D eigenvalue weighted by molar-refractivity contribution is 5.74. The van der Waals surface area contributed by atoms with Crippen molar-refractivity contribution in [1.82, 2.24) is 9.80 Å². The van der Waals surface area contributed by atoms with Crippen LogP contribution in [0, 0.1) is 5.41 Å². The third kappa shape index (κ3) is 3.98. The molecule has 132 valence electrons. The van der Waals surface area contributed by atoms with Gasteiger partial charge in [0.2, 0.25) is 0 Å². The zero-order valence-electron chi connectivity index (χ0n) is 14.8. The minimum absolute atomic E-state index is 0.238. The highest BCUT2D eigenvalue weighted by atomic mass is 16.4. The third-order valence-electron chi connectivity index (χ3n) is 5.88. The Labute approximate surface area is 145 Å². The van der Waals surface area contributed by atoms with Crippen molar-refractivity contribution in [2.45, 2.75) is 45.1 Å². The predicted molar refractivity (Wildman–Crippen MR) is 96.2 cm³/mol. The minimum atomic E-state index is -0.633.